The summed E-state index contributed by atoms with van der Waals surface area (Å²) in [4.78, 5) is 28.4. The van der Waals surface area contributed by atoms with Crippen LogP contribution in [0.25, 0.3) is 0 Å². The highest BCUT2D eigenvalue weighted by Gasteiger charge is 2.30. The molecule has 1 N–H and O–H groups in total. The summed E-state index contributed by atoms with van der Waals surface area (Å²) in [6, 6.07) is 23.3. The highest BCUT2D eigenvalue weighted by molar-refractivity contribution is 6.30. The molecule has 0 spiro atoms. The third kappa shape index (κ3) is 8.04. The maximum atomic E-state index is 13.5. The molecule has 0 aliphatic heterocycles. The number of nitrogens with one attached hydrogen (secondary N) is 1. The molecule has 7 heteroatoms. The average Bonchev–Trinajstić information content (AvgIpc) is 2.89. The van der Waals surface area contributed by atoms with Crippen molar-refractivity contribution in [1.29, 1.82) is 0 Å². The lowest BCUT2D eigenvalue weighted by atomic mass is 10.0. The van der Waals surface area contributed by atoms with E-state index in [2.05, 4.69) is 5.32 Å². The van der Waals surface area contributed by atoms with Crippen LogP contribution in [0.2, 0.25) is 5.02 Å². The van der Waals surface area contributed by atoms with Crippen molar-refractivity contribution in [2.45, 2.75) is 32.4 Å². The van der Waals surface area contributed by atoms with Crippen LogP contribution in [0.4, 0.5) is 0 Å². The molecule has 0 radical (unpaired) electrons. The maximum Gasteiger partial charge on any atom is 0.261 e. The predicted molar refractivity (Wildman–Crippen MR) is 138 cm³/mol. The van der Waals surface area contributed by atoms with Gasteiger partial charge in [0, 0.05) is 24.5 Å². The Morgan fingerprint density at radius 1 is 0.943 bits per heavy atom. The SMILES string of the molecule is CCCNC(=O)C(Cc1ccccc1)N(Cc1cccc(OC)c1)C(=O)COc1ccc(Cl)cc1. The van der Waals surface area contributed by atoms with Crippen LogP contribution in [-0.4, -0.2) is 43.0 Å². The number of methoxy groups -OCH3 is 1. The molecule has 0 aliphatic rings. The molecule has 0 bridgehead atoms. The molecule has 2 amide bonds. The fraction of sp³-hybridized carbons (Fsp3) is 0.286. The van der Waals surface area contributed by atoms with Gasteiger partial charge in [0.15, 0.2) is 6.61 Å². The van der Waals surface area contributed by atoms with Crippen molar-refractivity contribution in [3.63, 3.8) is 0 Å². The molecular formula is C28H31ClN2O4. The summed E-state index contributed by atoms with van der Waals surface area (Å²) in [5, 5.41) is 3.55. The minimum Gasteiger partial charge on any atom is -0.497 e. The van der Waals surface area contributed by atoms with E-state index in [4.69, 9.17) is 21.1 Å². The quantitative estimate of drug-likeness (QED) is 0.389. The maximum absolute atomic E-state index is 13.5. The van der Waals surface area contributed by atoms with Gasteiger partial charge in [0.25, 0.3) is 5.91 Å². The van der Waals surface area contributed by atoms with Crippen LogP contribution in [0.15, 0.2) is 78.9 Å². The molecule has 6 nitrogen and oxygen atoms in total. The molecule has 3 aromatic carbocycles. The molecule has 3 rings (SSSR count). The van der Waals surface area contributed by atoms with Crippen LogP contribution in [0.1, 0.15) is 24.5 Å². The zero-order valence-corrected chi connectivity index (χ0v) is 20.8. The Kier molecular flexibility index (Phi) is 9.99. The van der Waals surface area contributed by atoms with Crippen LogP contribution in [0.5, 0.6) is 11.5 Å². The van der Waals surface area contributed by atoms with E-state index in [1.807, 2.05) is 61.5 Å². The van der Waals surface area contributed by atoms with E-state index in [0.29, 0.717) is 29.5 Å². The molecule has 35 heavy (non-hydrogen) atoms. The molecule has 3 aromatic rings. The highest BCUT2D eigenvalue weighted by atomic mass is 35.5. The fourth-order valence-electron chi connectivity index (χ4n) is 3.65. The summed E-state index contributed by atoms with van der Waals surface area (Å²) in [5.41, 5.74) is 1.82. The third-order valence-corrected chi connectivity index (χ3v) is 5.74. The molecule has 184 valence electrons. The number of nitrogens with zero attached hydrogens (tertiary/aromatic N) is 1. The van der Waals surface area contributed by atoms with Gasteiger partial charge in [-0.1, -0.05) is 61.0 Å². The van der Waals surface area contributed by atoms with Crippen LogP contribution in [0.3, 0.4) is 0 Å². The van der Waals surface area contributed by atoms with E-state index in [1.165, 1.54) is 0 Å². The number of benzene rings is 3. The van der Waals surface area contributed by atoms with Crippen molar-refractivity contribution in [1.82, 2.24) is 10.2 Å². The monoisotopic (exact) mass is 494 g/mol. The van der Waals surface area contributed by atoms with Crippen LogP contribution in [0, 0.1) is 0 Å². The summed E-state index contributed by atoms with van der Waals surface area (Å²) < 4.78 is 11.1. The minimum atomic E-state index is -0.712. The van der Waals surface area contributed by atoms with Crippen LogP contribution >= 0.6 is 11.6 Å². The largest absolute Gasteiger partial charge is 0.497 e. The Bertz CT molecular complexity index is 1090. The smallest absolute Gasteiger partial charge is 0.261 e. The standard InChI is InChI=1S/C28H31ClN2O4/c1-3-16-30-28(33)26(18-21-8-5-4-6-9-21)31(19-22-10-7-11-25(17-22)34-2)27(32)20-35-24-14-12-23(29)13-15-24/h4-15,17,26H,3,16,18-20H2,1-2H3,(H,30,33). The van der Waals surface area contributed by atoms with Crippen molar-refractivity contribution in [3.8, 4) is 11.5 Å². The Balaban J connectivity index is 1.89. The lowest BCUT2D eigenvalue weighted by Crippen LogP contribution is -2.51. The highest BCUT2D eigenvalue weighted by Crippen LogP contribution is 2.20. The summed E-state index contributed by atoms with van der Waals surface area (Å²) in [5.74, 6) is 0.718. The molecule has 0 heterocycles. The number of carbonyl (C=O) groups is 2. The lowest BCUT2D eigenvalue weighted by Gasteiger charge is -2.31. The third-order valence-electron chi connectivity index (χ3n) is 5.48. The van der Waals surface area contributed by atoms with Gasteiger partial charge in [0.2, 0.25) is 5.91 Å². The van der Waals surface area contributed by atoms with E-state index < -0.39 is 6.04 Å². The molecule has 0 fully saturated rings. The molecule has 0 aromatic heterocycles. The summed E-state index contributed by atoms with van der Waals surface area (Å²) in [6.45, 7) is 2.55. The van der Waals surface area contributed by atoms with Gasteiger partial charge in [-0.25, -0.2) is 0 Å². The van der Waals surface area contributed by atoms with E-state index in [-0.39, 0.29) is 25.0 Å². The Morgan fingerprint density at radius 3 is 2.34 bits per heavy atom. The number of hydrogen-bond acceptors (Lipinski definition) is 4. The van der Waals surface area contributed by atoms with Gasteiger partial charge in [-0.3, -0.25) is 9.59 Å². The Morgan fingerprint density at radius 2 is 1.66 bits per heavy atom. The molecule has 1 unspecified atom stereocenters. The second-order valence-corrected chi connectivity index (χ2v) is 8.55. The zero-order chi connectivity index (χ0) is 25.0. The Hall–Kier alpha value is -3.51. The number of halogens is 1. The van der Waals surface area contributed by atoms with Crippen LogP contribution in [-0.2, 0) is 22.6 Å². The van der Waals surface area contributed by atoms with Gasteiger partial charge >= 0.3 is 0 Å². The topological polar surface area (TPSA) is 67.9 Å². The predicted octanol–water partition coefficient (Wildman–Crippen LogP) is 4.89. The first kappa shape index (κ1) is 26.1. The van der Waals surface area contributed by atoms with Gasteiger partial charge in [0.05, 0.1) is 7.11 Å². The van der Waals surface area contributed by atoms with Gasteiger partial charge < -0.3 is 19.7 Å². The normalized spacial score (nSPS) is 11.4. The second kappa shape index (κ2) is 13.4. The average molecular weight is 495 g/mol. The first-order chi connectivity index (χ1) is 17.0. The van der Waals surface area contributed by atoms with E-state index in [1.54, 1.807) is 36.3 Å². The number of hydrogen-bond donors (Lipinski definition) is 1. The van der Waals surface area contributed by atoms with Crippen molar-refractivity contribution in [2.24, 2.45) is 0 Å². The van der Waals surface area contributed by atoms with Crippen molar-refractivity contribution < 1.29 is 19.1 Å². The van der Waals surface area contributed by atoms with Crippen LogP contribution < -0.4 is 14.8 Å². The Labute approximate surface area is 211 Å². The summed E-state index contributed by atoms with van der Waals surface area (Å²) in [7, 11) is 1.60. The van der Waals surface area contributed by atoms with E-state index in [0.717, 1.165) is 17.5 Å². The number of carbonyl (C=O) groups excluding carboxylic acids is 2. The molecule has 0 saturated carbocycles. The first-order valence-corrected chi connectivity index (χ1v) is 12.0. The van der Waals surface area contributed by atoms with Gasteiger partial charge in [-0.05, 0) is 53.9 Å². The molecule has 1 atom stereocenters. The first-order valence-electron chi connectivity index (χ1n) is 11.6. The van der Waals surface area contributed by atoms with Gasteiger partial charge in [0.1, 0.15) is 17.5 Å². The number of ether oxygens (including phenoxy) is 2. The van der Waals surface area contributed by atoms with Crippen molar-refractivity contribution >= 4 is 23.4 Å². The van der Waals surface area contributed by atoms with Crippen molar-refractivity contribution in [2.75, 3.05) is 20.3 Å². The zero-order valence-electron chi connectivity index (χ0n) is 20.1. The molecular weight excluding hydrogens is 464 g/mol. The number of amides is 2. The van der Waals surface area contributed by atoms with E-state index in [9.17, 15) is 9.59 Å². The summed E-state index contributed by atoms with van der Waals surface area (Å²) in [6.07, 6.45) is 1.18. The molecule has 0 aliphatic carbocycles. The van der Waals surface area contributed by atoms with Gasteiger partial charge in [-0.15, -0.1) is 0 Å². The summed E-state index contributed by atoms with van der Waals surface area (Å²) >= 11 is 5.95. The minimum absolute atomic E-state index is 0.196. The number of rotatable bonds is 12. The van der Waals surface area contributed by atoms with Gasteiger partial charge in [-0.2, -0.15) is 0 Å². The van der Waals surface area contributed by atoms with Crippen molar-refractivity contribution in [3.05, 3.63) is 95.0 Å². The van der Waals surface area contributed by atoms with E-state index >= 15 is 0 Å². The molecule has 0 saturated heterocycles. The fourth-order valence-corrected chi connectivity index (χ4v) is 3.77. The lowest BCUT2D eigenvalue weighted by molar-refractivity contribution is -0.142. The second-order valence-electron chi connectivity index (χ2n) is 8.11.